The van der Waals surface area contributed by atoms with Gasteiger partial charge in [0, 0.05) is 9.90 Å². The Morgan fingerprint density at radius 1 is 1.31 bits per heavy atom. The summed E-state index contributed by atoms with van der Waals surface area (Å²) in [6, 6.07) is 3.92. The van der Waals surface area contributed by atoms with Crippen molar-refractivity contribution >= 4 is 45.7 Å². The third kappa shape index (κ3) is 3.66. The molecule has 136 valence electrons. The highest BCUT2D eigenvalue weighted by atomic mass is 35.5. The number of esters is 1. The normalized spacial score (nSPS) is 12.5. The molecule has 1 aromatic heterocycles. The second kappa shape index (κ2) is 7.35. The molecule has 1 aliphatic carbocycles. The van der Waals surface area contributed by atoms with Gasteiger partial charge in [-0.05, 0) is 43.0 Å². The van der Waals surface area contributed by atoms with Crippen LogP contribution in [0, 0.1) is 0 Å². The first-order valence-electron chi connectivity index (χ1n) is 7.76. The van der Waals surface area contributed by atoms with Crippen LogP contribution in [0.15, 0.2) is 18.2 Å². The van der Waals surface area contributed by atoms with E-state index in [2.05, 4.69) is 5.32 Å². The van der Waals surface area contributed by atoms with Crippen molar-refractivity contribution in [3.8, 4) is 5.75 Å². The van der Waals surface area contributed by atoms with Crippen molar-refractivity contribution in [2.75, 3.05) is 11.9 Å². The van der Waals surface area contributed by atoms with Crippen LogP contribution in [0.25, 0.3) is 0 Å². The Balaban J connectivity index is 1.65. The SMILES string of the molecule is NC(=O)c1c(NC(=O)COC(=O)c2ccc(Cl)cc2O)sc2c1CCC2. The molecule has 0 fully saturated rings. The van der Waals surface area contributed by atoms with Crippen molar-refractivity contribution in [1.29, 1.82) is 0 Å². The Hall–Kier alpha value is -2.58. The first-order chi connectivity index (χ1) is 12.4. The van der Waals surface area contributed by atoms with Gasteiger partial charge in [-0.3, -0.25) is 9.59 Å². The lowest BCUT2D eigenvalue weighted by Gasteiger charge is -2.08. The number of anilines is 1. The standard InChI is InChI=1S/C17H15ClN2O5S/c18-8-4-5-9(11(21)6-8)17(24)25-7-13(22)20-16-14(15(19)23)10-2-1-3-12(10)26-16/h4-6,21H,1-3,7H2,(H2,19,23)(H,20,22). The number of phenolic OH excluding ortho intramolecular Hbond substituents is 1. The predicted octanol–water partition coefficient (Wildman–Crippen LogP) is 2.49. The Labute approximate surface area is 157 Å². The fraction of sp³-hybridized carbons (Fsp3) is 0.235. The molecule has 0 unspecified atom stereocenters. The molecular formula is C17H15ClN2O5S. The molecule has 0 aliphatic heterocycles. The quantitative estimate of drug-likeness (QED) is 0.673. The van der Waals surface area contributed by atoms with Crippen molar-refractivity contribution in [1.82, 2.24) is 0 Å². The highest BCUT2D eigenvalue weighted by Crippen LogP contribution is 2.38. The number of amides is 2. The van der Waals surface area contributed by atoms with Crippen molar-refractivity contribution in [2.24, 2.45) is 5.73 Å². The summed E-state index contributed by atoms with van der Waals surface area (Å²) in [5, 5.41) is 12.9. The molecule has 0 bridgehead atoms. The van der Waals surface area contributed by atoms with Gasteiger partial charge >= 0.3 is 5.97 Å². The second-order valence-corrected chi connectivity index (χ2v) is 7.25. The van der Waals surface area contributed by atoms with Gasteiger partial charge in [-0.15, -0.1) is 11.3 Å². The van der Waals surface area contributed by atoms with Gasteiger partial charge in [0.2, 0.25) is 0 Å². The number of aryl methyl sites for hydroxylation is 1. The molecule has 0 spiro atoms. The van der Waals surface area contributed by atoms with E-state index in [9.17, 15) is 19.5 Å². The maximum absolute atomic E-state index is 12.1. The average Bonchev–Trinajstić information content (AvgIpc) is 3.12. The number of nitrogens with two attached hydrogens (primary N) is 1. The van der Waals surface area contributed by atoms with Gasteiger partial charge in [0.25, 0.3) is 11.8 Å². The summed E-state index contributed by atoms with van der Waals surface area (Å²) in [5.74, 6) is -2.40. The lowest BCUT2D eigenvalue weighted by molar-refractivity contribution is -0.119. The molecule has 0 radical (unpaired) electrons. The number of thiophene rings is 1. The van der Waals surface area contributed by atoms with Crippen LogP contribution < -0.4 is 11.1 Å². The number of ether oxygens (including phenoxy) is 1. The van der Waals surface area contributed by atoms with E-state index < -0.39 is 24.4 Å². The molecule has 0 saturated heterocycles. The second-order valence-electron chi connectivity index (χ2n) is 5.71. The molecule has 1 heterocycles. The minimum Gasteiger partial charge on any atom is -0.507 e. The Bertz CT molecular complexity index is 909. The van der Waals surface area contributed by atoms with Crippen LogP contribution in [0.5, 0.6) is 5.75 Å². The summed E-state index contributed by atoms with van der Waals surface area (Å²) in [4.78, 5) is 36.8. The number of carbonyl (C=O) groups excluding carboxylic acids is 3. The summed E-state index contributed by atoms with van der Waals surface area (Å²) in [7, 11) is 0. The van der Waals surface area contributed by atoms with E-state index in [1.165, 1.54) is 29.5 Å². The number of aromatic hydroxyl groups is 1. The van der Waals surface area contributed by atoms with Gasteiger partial charge in [0.1, 0.15) is 16.3 Å². The highest BCUT2D eigenvalue weighted by molar-refractivity contribution is 7.17. The third-order valence-electron chi connectivity index (χ3n) is 3.93. The summed E-state index contributed by atoms with van der Waals surface area (Å²) in [6.07, 6.45) is 2.56. The highest BCUT2D eigenvalue weighted by Gasteiger charge is 2.26. The zero-order chi connectivity index (χ0) is 18.8. The number of halogens is 1. The zero-order valence-corrected chi connectivity index (χ0v) is 15.1. The van der Waals surface area contributed by atoms with E-state index in [1.54, 1.807) is 0 Å². The van der Waals surface area contributed by atoms with E-state index in [4.69, 9.17) is 22.1 Å². The largest absolute Gasteiger partial charge is 0.507 e. The molecule has 4 N–H and O–H groups in total. The minimum absolute atomic E-state index is 0.102. The van der Waals surface area contributed by atoms with Crippen molar-refractivity contribution in [3.63, 3.8) is 0 Å². The van der Waals surface area contributed by atoms with Gasteiger partial charge in [0.15, 0.2) is 6.61 Å². The minimum atomic E-state index is -0.863. The fourth-order valence-electron chi connectivity index (χ4n) is 2.80. The first-order valence-corrected chi connectivity index (χ1v) is 8.96. The maximum Gasteiger partial charge on any atom is 0.342 e. The van der Waals surface area contributed by atoms with Crippen LogP contribution in [-0.4, -0.2) is 29.5 Å². The summed E-state index contributed by atoms with van der Waals surface area (Å²) in [5.41, 5.74) is 6.55. The average molecular weight is 395 g/mol. The van der Waals surface area contributed by atoms with Crippen molar-refractivity contribution < 1.29 is 24.2 Å². The molecule has 1 aliphatic rings. The van der Waals surface area contributed by atoms with Gasteiger partial charge in [0.05, 0.1) is 5.56 Å². The number of hydrogen-bond donors (Lipinski definition) is 3. The molecule has 0 saturated carbocycles. The van der Waals surface area contributed by atoms with Crippen molar-refractivity contribution in [3.05, 3.63) is 44.8 Å². The number of benzene rings is 1. The van der Waals surface area contributed by atoms with Crippen LogP contribution in [0.2, 0.25) is 5.02 Å². The van der Waals surface area contributed by atoms with Crippen LogP contribution in [0.3, 0.4) is 0 Å². The summed E-state index contributed by atoms with van der Waals surface area (Å²) < 4.78 is 4.89. The van der Waals surface area contributed by atoms with Gasteiger partial charge < -0.3 is 20.9 Å². The number of rotatable bonds is 5. The van der Waals surface area contributed by atoms with Crippen molar-refractivity contribution in [2.45, 2.75) is 19.3 Å². The van der Waals surface area contributed by atoms with Crippen LogP contribution in [-0.2, 0) is 22.4 Å². The smallest absolute Gasteiger partial charge is 0.342 e. The van der Waals surface area contributed by atoms with E-state index in [0.717, 1.165) is 29.7 Å². The van der Waals surface area contributed by atoms with E-state index in [-0.39, 0.29) is 16.3 Å². The molecule has 26 heavy (non-hydrogen) atoms. The van der Waals surface area contributed by atoms with Gasteiger partial charge in [-0.1, -0.05) is 11.6 Å². The van der Waals surface area contributed by atoms with Crippen LogP contribution in [0.1, 0.15) is 37.6 Å². The fourth-order valence-corrected chi connectivity index (χ4v) is 4.28. The number of nitrogens with one attached hydrogen (secondary N) is 1. The summed E-state index contributed by atoms with van der Waals surface area (Å²) >= 11 is 7.01. The molecule has 3 rings (SSSR count). The topological polar surface area (TPSA) is 119 Å². The monoisotopic (exact) mass is 394 g/mol. The number of carbonyl (C=O) groups is 3. The first kappa shape index (κ1) is 18.2. The Kier molecular flexibility index (Phi) is 5.15. The third-order valence-corrected chi connectivity index (χ3v) is 5.38. The van der Waals surface area contributed by atoms with Crippen LogP contribution >= 0.6 is 22.9 Å². The number of phenols is 1. The summed E-state index contributed by atoms with van der Waals surface area (Å²) in [6.45, 7) is -0.568. The van der Waals surface area contributed by atoms with E-state index in [0.29, 0.717) is 10.6 Å². The number of primary amides is 1. The molecular weight excluding hydrogens is 380 g/mol. The van der Waals surface area contributed by atoms with Crippen LogP contribution in [0.4, 0.5) is 5.00 Å². The lowest BCUT2D eigenvalue weighted by Crippen LogP contribution is -2.22. The molecule has 0 atom stereocenters. The maximum atomic E-state index is 12.1. The number of hydrogen-bond acceptors (Lipinski definition) is 6. The predicted molar refractivity (Wildman–Crippen MR) is 96.9 cm³/mol. The Morgan fingerprint density at radius 3 is 2.77 bits per heavy atom. The molecule has 9 heteroatoms. The lowest BCUT2D eigenvalue weighted by atomic mass is 10.1. The zero-order valence-electron chi connectivity index (χ0n) is 13.5. The molecule has 2 aromatic rings. The van der Waals surface area contributed by atoms with E-state index in [1.807, 2.05) is 0 Å². The number of fused-ring (bicyclic) bond motifs is 1. The van der Waals surface area contributed by atoms with Gasteiger partial charge in [-0.2, -0.15) is 0 Å². The molecule has 2 amide bonds. The van der Waals surface area contributed by atoms with E-state index >= 15 is 0 Å². The molecule has 7 nitrogen and oxygen atoms in total. The Morgan fingerprint density at radius 2 is 2.08 bits per heavy atom. The van der Waals surface area contributed by atoms with Gasteiger partial charge in [-0.25, -0.2) is 4.79 Å². The molecule has 1 aromatic carbocycles.